The molecule has 1 aromatic carbocycles. The van der Waals surface area contributed by atoms with Crippen LogP contribution in [0.15, 0.2) is 33.1 Å². The lowest BCUT2D eigenvalue weighted by atomic mass is 10.3. The fourth-order valence-corrected chi connectivity index (χ4v) is 2.70. The Balaban J connectivity index is 2.19. The molecule has 0 aliphatic carbocycles. The summed E-state index contributed by atoms with van der Waals surface area (Å²) in [5.74, 6) is 0. The molecule has 0 saturated carbocycles. The van der Waals surface area contributed by atoms with E-state index >= 15 is 0 Å². The van der Waals surface area contributed by atoms with Crippen molar-refractivity contribution in [1.29, 1.82) is 0 Å². The van der Waals surface area contributed by atoms with Crippen molar-refractivity contribution >= 4 is 51.6 Å². The first-order valence-corrected chi connectivity index (χ1v) is 6.62. The molecule has 0 radical (unpaired) electrons. The smallest absolute Gasteiger partial charge is 0.164 e. The summed E-state index contributed by atoms with van der Waals surface area (Å²) in [7, 11) is 2.03. The maximum absolute atomic E-state index is 6.18. The highest BCUT2D eigenvalue weighted by Crippen LogP contribution is 2.32. The van der Waals surface area contributed by atoms with Crippen molar-refractivity contribution in [3.05, 3.63) is 23.2 Å². The third kappa shape index (κ3) is 3.07. The van der Waals surface area contributed by atoms with Gasteiger partial charge in [-0.3, -0.25) is 4.99 Å². The molecule has 2 rings (SSSR count). The Kier molecular flexibility index (Phi) is 4.18. The lowest BCUT2D eigenvalue weighted by Crippen LogP contribution is -2.19. The van der Waals surface area contributed by atoms with Crippen LogP contribution in [0.3, 0.4) is 0 Å². The van der Waals surface area contributed by atoms with Crippen molar-refractivity contribution in [1.82, 2.24) is 4.90 Å². The number of isothiocyanates is 1. The van der Waals surface area contributed by atoms with Crippen LogP contribution in [0.1, 0.15) is 0 Å². The number of hydrogen-bond donors (Lipinski definition) is 0. The van der Waals surface area contributed by atoms with Crippen molar-refractivity contribution in [3.8, 4) is 0 Å². The van der Waals surface area contributed by atoms with E-state index in [0.29, 0.717) is 5.02 Å². The molecule has 0 unspecified atom stereocenters. The maximum Gasteiger partial charge on any atom is 0.164 e. The predicted octanol–water partition coefficient (Wildman–Crippen LogP) is 3.47. The molecule has 1 heterocycles. The van der Waals surface area contributed by atoms with Gasteiger partial charge in [-0.25, -0.2) is 0 Å². The number of aliphatic imine (C=N–C) groups is 2. The first-order valence-electron chi connectivity index (χ1n) is 5.01. The molecule has 1 aromatic rings. The van der Waals surface area contributed by atoms with E-state index in [9.17, 15) is 0 Å². The van der Waals surface area contributed by atoms with E-state index in [1.807, 2.05) is 19.2 Å². The number of likely N-dealkylation sites (N-methyl/N-ethyl adjacent to an activating group) is 1. The monoisotopic (exact) mass is 283 g/mol. The van der Waals surface area contributed by atoms with Gasteiger partial charge in [-0.2, -0.15) is 4.99 Å². The lowest BCUT2D eigenvalue weighted by molar-refractivity contribution is 0.564. The summed E-state index contributed by atoms with van der Waals surface area (Å²) in [6.07, 6.45) is 0. The van der Waals surface area contributed by atoms with E-state index < -0.39 is 0 Å². The molecule has 1 aliphatic rings. The molecule has 0 N–H and O–H groups in total. The van der Waals surface area contributed by atoms with Gasteiger partial charge in [-0.05, 0) is 30.4 Å². The molecule has 0 bridgehead atoms. The van der Waals surface area contributed by atoms with Crippen LogP contribution in [0.2, 0.25) is 5.02 Å². The molecule has 0 fully saturated rings. The van der Waals surface area contributed by atoms with Gasteiger partial charge in [0.15, 0.2) is 5.17 Å². The van der Waals surface area contributed by atoms with Gasteiger partial charge in [0.05, 0.1) is 22.4 Å². The fraction of sp³-hybridized carbons (Fsp3) is 0.273. The molecule has 0 atom stereocenters. The highest BCUT2D eigenvalue weighted by atomic mass is 35.5. The molecular weight excluding hydrogens is 274 g/mol. The van der Waals surface area contributed by atoms with Crippen LogP contribution in [-0.4, -0.2) is 35.4 Å². The van der Waals surface area contributed by atoms with Gasteiger partial charge < -0.3 is 4.90 Å². The van der Waals surface area contributed by atoms with E-state index in [-0.39, 0.29) is 0 Å². The molecular formula is C11H10ClN3S2. The Labute approximate surface area is 115 Å². The number of amidine groups is 1. The van der Waals surface area contributed by atoms with Gasteiger partial charge in [-0.15, -0.1) is 0 Å². The topological polar surface area (TPSA) is 28.0 Å². The zero-order valence-electron chi connectivity index (χ0n) is 9.18. The minimum absolute atomic E-state index is 0.657. The summed E-state index contributed by atoms with van der Waals surface area (Å²) in [5, 5.41) is 3.98. The largest absolute Gasteiger partial charge is 0.352 e. The van der Waals surface area contributed by atoms with E-state index in [4.69, 9.17) is 11.6 Å². The average Bonchev–Trinajstić information content (AvgIpc) is 2.69. The summed E-state index contributed by atoms with van der Waals surface area (Å²) < 4.78 is 0. The maximum atomic E-state index is 6.18. The van der Waals surface area contributed by atoms with Gasteiger partial charge in [0.2, 0.25) is 0 Å². The summed E-state index contributed by atoms with van der Waals surface area (Å²) in [6, 6.07) is 5.56. The molecule has 1 aliphatic heterocycles. The predicted molar refractivity (Wildman–Crippen MR) is 76.9 cm³/mol. The molecule has 0 aromatic heterocycles. The van der Waals surface area contributed by atoms with E-state index in [2.05, 4.69) is 32.3 Å². The van der Waals surface area contributed by atoms with E-state index in [1.54, 1.807) is 17.8 Å². The molecule has 17 heavy (non-hydrogen) atoms. The molecule has 6 heteroatoms. The van der Waals surface area contributed by atoms with Crippen LogP contribution in [0, 0.1) is 0 Å². The van der Waals surface area contributed by atoms with Crippen LogP contribution in [0.25, 0.3) is 0 Å². The average molecular weight is 284 g/mol. The van der Waals surface area contributed by atoms with E-state index in [1.165, 1.54) is 0 Å². The SMILES string of the molecule is CN1CCN=C1Sc1ccc(N=C=S)cc1Cl. The highest BCUT2D eigenvalue weighted by molar-refractivity contribution is 8.13. The zero-order chi connectivity index (χ0) is 12.3. The molecule has 0 spiro atoms. The molecule has 0 amide bonds. The zero-order valence-corrected chi connectivity index (χ0v) is 11.6. The summed E-state index contributed by atoms with van der Waals surface area (Å²) in [4.78, 5) is 11.4. The van der Waals surface area contributed by atoms with Crippen LogP contribution in [0.4, 0.5) is 5.69 Å². The molecule has 0 saturated heterocycles. The first kappa shape index (κ1) is 12.6. The normalized spacial score (nSPS) is 14.5. The Morgan fingerprint density at radius 3 is 3.00 bits per heavy atom. The second-order valence-electron chi connectivity index (χ2n) is 3.51. The minimum Gasteiger partial charge on any atom is -0.352 e. The van der Waals surface area contributed by atoms with Crippen LogP contribution in [0.5, 0.6) is 0 Å². The Hall–Kier alpha value is -0.870. The second-order valence-corrected chi connectivity index (χ2v) is 5.10. The number of halogens is 1. The summed E-state index contributed by atoms with van der Waals surface area (Å²) >= 11 is 12.3. The number of hydrogen-bond acceptors (Lipinski definition) is 5. The van der Waals surface area contributed by atoms with Gasteiger partial charge in [-0.1, -0.05) is 23.4 Å². The molecule has 3 nitrogen and oxygen atoms in total. The van der Waals surface area contributed by atoms with Crippen molar-refractivity contribution in [3.63, 3.8) is 0 Å². The van der Waals surface area contributed by atoms with Crippen LogP contribution < -0.4 is 0 Å². The van der Waals surface area contributed by atoms with E-state index in [0.717, 1.165) is 28.8 Å². The molecule has 88 valence electrons. The number of benzene rings is 1. The van der Waals surface area contributed by atoms with Gasteiger partial charge in [0.25, 0.3) is 0 Å². The van der Waals surface area contributed by atoms with Crippen molar-refractivity contribution in [2.75, 3.05) is 20.1 Å². The number of nitrogens with zero attached hydrogens (tertiary/aromatic N) is 3. The minimum atomic E-state index is 0.657. The summed E-state index contributed by atoms with van der Waals surface area (Å²) in [5.41, 5.74) is 0.719. The van der Waals surface area contributed by atoms with Gasteiger partial charge in [0.1, 0.15) is 0 Å². The van der Waals surface area contributed by atoms with Crippen molar-refractivity contribution in [2.45, 2.75) is 4.90 Å². The number of rotatable bonds is 2. The standard InChI is InChI=1S/C11H10ClN3S2/c1-15-5-4-13-11(15)17-10-3-2-8(14-7-16)6-9(10)12/h2-3,6H,4-5H2,1H3. The Morgan fingerprint density at radius 1 is 1.59 bits per heavy atom. The van der Waals surface area contributed by atoms with Crippen LogP contribution in [-0.2, 0) is 0 Å². The quantitative estimate of drug-likeness (QED) is 0.614. The van der Waals surface area contributed by atoms with Gasteiger partial charge in [0, 0.05) is 18.5 Å². The number of thioether (sulfide) groups is 1. The highest BCUT2D eigenvalue weighted by Gasteiger charge is 2.15. The van der Waals surface area contributed by atoms with Crippen molar-refractivity contribution in [2.24, 2.45) is 9.98 Å². The third-order valence-electron chi connectivity index (χ3n) is 2.30. The lowest BCUT2D eigenvalue weighted by Gasteiger charge is -2.13. The van der Waals surface area contributed by atoms with Crippen LogP contribution >= 0.6 is 35.6 Å². The second kappa shape index (κ2) is 5.65. The Bertz CT molecular complexity index is 509. The van der Waals surface area contributed by atoms with Crippen molar-refractivity contribution < 1.29 is 0 Å². The number of thiocarbonyl (C=S) groups is 1. The third-order valence-corrected chi connectivity index (χ3v) is 4.02. The Morgan fingerprint density at radius 2 is 2.41 bits per heavy atom. The summed E-state index contributed by atoms with van der Waals surface area (Å²) in [6.45, 7) is 1.82. The fourth-order valence-electron chi connectivity index (χ4n) is 1.42. The first-order chi connectivity index (χ1) is 8.20. The van der Waals surface area contributed by atoms with Gasteiger partial charge >= 0.3 is 0 Å².